The summed E-state index contributed by atoms with van der Waals surface area (Å²) in [5.74, 6) is 0.0845. The Bertz CT molecular complexity index is 871. The van der Waals surface area contributed by atoms with Crippen molar-refractivity contribution < 1.29 is 14.3 Å². The Hall–Kier alpha value is -2.87. The lowest BCUT2D eigenvalue weighted by Gasteiger charge is -2.28. The second-order valence-corrected chi connectivity index (χ2v) is 7.75. The lowest BCUT2D eigenvalue weighted by Crippen LogP contribution is -2.40. The molecule has 0 aliphatic carbocycles. The number of hydrogen-bond donors (Lipinski definition) is 1. The van der Waals surface area contributed by atoms with E-state index in [4.69, 9.17) is 4.74 Å². The number of hydrogen-bond acceptors (Lipinski definition) is 4. The van der Waals surface area contributed by atoms with Gasteiger partial charge in [0.15, 0.2) is 0 Å². The van der Waals surface area contributed by atoms with E-state index in [0.29, 0.717) is 39.2 Å². The number of carbonyl (C=O) groups is 2. The highest BCUT2D eigenvalue weighted by Gasteiger charge is 2.41. The summed E-state index contributed by atoms with van der Waals surface area (Å²) >= 11 is 0. The number of urea groups is 1. The van der Waals surface area contributed by atoms with Gasteiger partial charge in [-0.25, -0.2) is 4.79 Å². The second-order valence-electron chi connectivity index (χ2n) is 7.75. The number of amides is 3. The van der Waals surface area contributed by atoms with Gasteiger partial charge in [0.05, 0.1) is 18.8 Å². The molecule has 1 fully saturated rings. The average molecular weight is 397 g/mol. The van der Waals surface area contributed by atoms with Crippen molar-refractivity contribution in [2.45, 2.75) is 25.6 Å². The van der Waals surface area contributed by atoms with Crippen LogP contribution in [0.3, 0.4) is 0 Å². The molecule has 8 nitrogen and oxygen atoms in total. The number of rotatable bonds is 6. The number of nitrogens with zero attached hydrogens (tertiary/aromatic N) is 4. The molecule has 0 saturated carbocycles. The normalized spacial score (nSPS) is 21.0. The molecule has 3 amide bonds. The van der Waals surface area contributed by atoms with Gasteiger partial charge in [-0.15, -0.1) is 0 Å². The summed E-state index contributed by atoms with van der Waals surface area (Å²) in [6.45, 7) is 2.70. The fourth-order valence-electron chi connectivity index (χ4n) is 4.35. The second kappa shape index (κ2) is 8.24. The van der Waals surface area contributed by atoms with E-state index in [1.165, 1.54) is 11.1 Å². The molecule has 3 heterocycles. The van der Waals surface area contributed by atoms with Crippen molar-refractivity contribution >= 4 is 11.9 Å². The van der Waals surface area contributed by atoms with Crippen LogP contribution in [-0.4, -0.2) is 58.3 Å². The van der Waals surface area contributed by atoms with Gasteiger partial charge in [-0.05, 0) is 11.1 Å². The first-order valence-corrected chi connectivity index (χ1v) is 9.93. The fourth-order valence-corrected chi connectivity index (χ4v) is 4.35. The van der Waals surface area contributed by atoms with E-state index in [0.717, 1.165) is 5.56 Å². The van der Waals surface area contributed by atoms with Gasteiger partial charge in [0.1, 0.15) is 0 Å². The smallest absolute Gasteiger partial charge is 0.318 e. The quantitative estimate of drug-likeness (QED) is 0.804. The highest BCUT2D eigenvalue weighted by atomic mass is 16.5. The van der Waals surface area contributed by atoms with E-state index in [1.807, 2.05) is 35.2 Å². The molecule has 0 radical (unpaired) electrons. The summed E-state index contributed by atoms with van der Waals surface area (Å²) in [5.41, 5.74) is 3.37. The topological polar surface area (TPSA) is 79.7 Å². The Balaban J connectivity index is 1.42. The molecule has 1 aromatic carbocycles. The predicted molar refractivity (Wildman–Crippen MR) is 107 cm³/mol. The van der Waals surface area contributed by atoms with Gasteiger partial charge in [-0.3, -0.25) is 9.48 Å². The first-order chi connectivity index (χ1) is 14.1. The molecule has 1 saturated heterocycles. The minimum Gasteiger partial charge on any atom is -0.383 e. The van der Waals surface area contributed by atoms with Gasteiger partial charge < -0.3 is 19.9 Å². The minimum atomic E-state index is -0.109. The van der Waals surface area contributed by atoms with Crippen LogP contribution < -0.4 is 5.32 Å². The molecule has 8 heteroatoms. The third-order valence-electron chi connectivity index (χ3n) is 5.79. The Labute approximate surface area is 170 Å². The number of fused-ring (bicyclic) bond motifs is 1. The molecular weight excluding hydrogens is 370 g/mol. The Morgan fingerprint density at radius 1 is 1.28 bits per heavy atom. The van der Waals surface area contributed by atoms with Crippen molar-refractivity contribution in [2.75, 3.05) is 26.8 Å². The highest BCUT2D eigenvalue weighted by Crippen LogP contribution is 2.37. The SMILES string of the molecule is COCCN1C(=O)C[C@H](CNC(=O)N2Cc3ccccc3C2)[C@H]1c1cnn(C)c1. The number of benzene rings is 1. The average Bonchev–Trinajstić information content (AvgIpc) is 3.41. The summed E-state index contributed by atoms with van der Waals surface area (Å²) in [5, 5.41) is 7.32. The van der Waals surface area contributed by atoms with Gasteiger partial charge >= 0.3 is 6.03 Å². The summed E-state index contributed by atoms with van der Waals surface area (Å²) in [6.07, 6.45) is 4.15. The molecule has 0 bridgehead atoms. The largest absolute Gasteiger partial charge is 0.383 e. The molecule has 1 N–H and O–H groups in total. The van der Waals surface area contributed by atoms with E-state index < -0.39 is 0 Å². The summed E-state index contributed by atoms with van der Waals surface area (Å²) in [7, 11) is 3.49. The van der Waals surface area contributed by atoms with Crippen LogP contribution in [0.5, 0.6) is 0 Å². The molecule has 2 aliphatic rings. The van der Waals surface area contributed by atoms with Crippen LogP contribution in [0.25, 0.3) is 0 Å². The van der Waals surface area contributed by atoms with E-state index in [9.17, 15) is 9.59 Å². The summed E-state index contributed by atoms with van der Waals surface area (Å²) in [6, 6.07) is 7.92. The minimum absolute atomic E-state index is 0.00233. The molecule has 0 unspecified atom stereocenters. The van der Waals surface area contributed by atoms with Crippen LogP contribution in [0.1, 0.15) is 29.2 Å². The lowest BCUT2D eigenvalue weighted by molar-refractivity contribution is -0.129. The molecule has 2 aliphatic heterocycles. The van der Waals surface area contributed by atoms with Crippen molar-refractivity contribution in [3.05, 3.63) is 53.3 Å². The van der Waals surface area contributed by atoms with Crippen molar-refractivity contribution in [3.63, 3.8) is 0 Å². The molecule has 1 aromatic heterocycles. The van der Waals surface area contributed by atoms with Crippen LogP contribution in [0, 0.1) is 5.92 Å². The molecule has 29 heavy (non-hydrogen) atoms. The van der Waals surface area contributed by atoms with Crippen LogP contribution in [0.15, 0.2) is 36.7 Å². The number of methoxy groups -OCH3 is 1. The van der Waals surface area contributed by atoms with E-state index >= 15 is 0 Å². The molecule has 154 valence electrons. The standard InChI is InChI=1S/C21H27N5O3/c1-24-12-18(11-23-24)20-17(9-19(27)26(20)7-8-29-2)10-22-21(28)25-13-15-5-3-4-6-16(15)14-25/h3-6,11-12,17,20H,7-10,13-14H2,1-2H3,(H,22,28)/t17-,20+/m1/s1. The number of likely N-dealkylation sites (tertiary alicyclic amines) is 1. The van der Waals surface area contributed by atoms with Crippen LogP contribution in [-0.2, 0) is 29.7 Å². The fraction of sp³-hybridized carbons (Fsp3) is 0.476. The molecule has 4 rings (SSSR count). The third-order valence-corrected chi connectivity index (χ3v) is 5.79. The maximum absolute atomic E-state index is 12.7. The monoisotopic (exact) mass is 397 g/mol. The first kappa shape index (κ1) is 19.4. The number of nitrogens with one attached hydrogen (secondary N) is 1. The molecule has 2 atom stereocenters. The van der Waals surface area contributed by atoms with Gasteiger partial charge in [-0.2, -0.15) is 5.10 Å². The van der Waals surface area contributed by atoms with E-state index in [1.54, 1.807) is 18.0 Å². The van der Waals surface area contributed by atoms with Gasteiger partial charge in [0, 0.05) is 64.4 Å². The third kappa shape index (κ3) is 3.98. The summed E-state index contributed by atoms with van der Waals surface area (Å²) in [4.78, 5) is 29.0. The Kier molecular flexibility index (Phi) is 5.53. The van der Waals surface area contributed by atoms with Crippen LogP contribution in [0.4, 0.5) is 4.79 Å². The molecule has 0 spiro atoms. The maximum Gasteiger partial charge on any atom is 0.318 e. The zero-order chi connectivity index (χ0) is 20.4. The number of carbonyl (C=O) groups excluding carboxylic acids is 2. The Morgan fingerprint density at radius 2 is 2.00 bits per heavy atom. The van der Waals surface area contributed by atoms with Gasteiger partial charge in [0.25, 0.3) is 0 Å². The zero-order valence-corrected chi connectivity index (χ0v) is 16.9. The van der Waals surface area contributed by atoms with Crippen molar-refractivity contribution in [1.82, 2.24) is 24.9 Å². The number of aromatic nitrogens is 2. The number of ether oxygens (including phenoxy) is 1. The van der Waals surface area contributed by atoms with E-state index in [-0.39, 0.29) is 23.9 Å². The Morgan fingerprint density at radius 3 is 2.62 bits per heavy atom. The maximum atomic E-state index is 12.7. The highest BCUT2D eigenvalue weighted by molar-refractivity contribution is 5.80. The molecular formula is C21H27N5O3. The first-order valence-electron chi connectivity index (χ1n) is 9.93. The van der Waals surface area contributed by atoms with Crippen LogP contribution >= 0.6 is 0 Å². The van der Waals surface area contributed by atoms with Gasteiger partial charge in [-0.1, -0.05) is 24.3 Å². The number of aryl methyl sites for hydroxylation is 1. The van der Waals surface area contributed by atoms with Crippen molar-refractivity contribution in [1.29, 1.82) is 0 Å². The summed E-state index contributed by atoms with van der Waals surface area (Å²) < 4.78 is 6.92. The molecule has 2 aromatic rings. The van der Waals surface area contributed by atoms with Gasteiger partial charge in [0.2, 0.25) is 5.91 Å². The van der Waals surface area contributed by atoms with Crippen molar-refractivity contribution in [3.8, 4) is 0 Å². The predicted octanol–water partition coefficient (Wildman–Crippen LogP) is 1.68. The zero-order valence-electron chi connectivity index (χ0n) is 16.9. The van der Waals surface area contributed by atoms with E-state index in [2.05, 4.69) is 22.5 Å². The van der Waals surface area contributed by atoms with Crippen molar-refractivity contribution in [2.24, 2.45) is 13.0 Å². The van der Waals surface area contributed by atoms with Crippen LogP contribution in [0.2, 0.25) is 0 Å². The lowest BCUT2D eigenvalue weighted by atomic mass is 9.95.